The molecular weight excluding hydrogens is 467 g/mol. The van der Waals surface area contributed by atoms with Crippen molar-refractivity contribution in [3.63, 3.8) is 0 Å². The minimum Gasteiger partial charge on any atom is -0.463 e. The number of hydrogen-bond acceptors (Lipinski definition) is 5. The molecule has 0 amide bonds. The molecule has 5 aromatic rings. The number of anilines is 1. The van der Waals surface area contributed by atoms with Gasteiger partial charge in [0.2, 0.25) is 5.95 Å². The molecule has 0 spiro atoms. The van der Waals surface area contributed by atoms with Crippen molar-refractivity contribution in [2.75, 3.05) is 5.01 Å². The second kappa shape index (κ2) is 8.60. The van der Waals surface area contributed by atoms with E-state index in [-0.39, 0.29) is 6.04 Å². The van der Waals surface area contributed by atoms with Gasteiger partial charge in [-0.25, -0.2) is 15.0 Å². The summed E-state index contributed by atoms with van der Waals surface area (Å²) in [5.41, 5.74) is 4.32. The molecule has 0 N–H and O–H groups in total. The zero-order valence-corrected chi connectivity index (χ0v) is 19.4. The normalized spacial score (nSPS) is 15.6. The largest absolute Gasteiger partial charge is 0.463 e. The summed E-state index contributed by atoms with van der Waals surface area (Å²) >= 11 is 12.9. The molecule has 1 aliphatic rings. The first kappa shape index (κ1) is 20.9. The van der Waals surface area contributed by atoms with Crippen LogP contribution in [0.2, 0.25) is 10.0 Å². The molecule has 1 unspecified atom stereocenters. The molecule has 3 heterocycles. The second-order valence-electron chi connectivity index (χ2n) is 8.01. The van der Waals surface area contributed by atoms with Crippen LogP contribution in [0, 0.1) is 0 Å². The summed E-state index contributed by atoms with van der Waals surface area (Å²) in [5, 5.41) is 8.94. The molecule has 6 rings (SSSR count). The van der Waals surface area contributed by atoms with E-state index in [0.29, 0.717) is 22.4 Å². The molecular formula is C27H18Cl2N4O. The average molecular weight is 485 g/mol. The van der Waals surface area contributed by atoms with Gasteiger partial charge in [-0.05, 0) is 42.0 Å². The lowest BCUT2D eigenvalue weighted by Gasteiger charge is -2.23. The summed E-state index contributed by atoms with van der Waals surface area (Å²) in [5.74, 6) is 1.20. The van der Waals surface area contributed by atoms with Crippen LogP contribution < -0.4 is 5.01 Å². The molecule has 1 aliphatic heterocycles. The maximum absolute atomic E-state index is 6.61. The van der Waals surface area contributed by atoms with E-state index in [2.05, 4.69) is 0 Å². The highest BCUT2D eigenvalue weighted by Crippen LogP contribution is 2.40. The van der Waals surface area contributed by atoms with Gasteiger partial charge >= 0.3 is 0 Å². The topological polar surface area (TPSA) is 54.5 Å². The van der Waals surface area contributed by atoms with Crippen molar-refractivity contribution in [1.29, 1.82) is 0 Å². The number of halogens is 2. The van der Waals surface area contributed by atoms with E-state index in [4.69, 9.17) is 42.7 Å². The molecule has 5 nitrogen and oxygen atoms in total. The number of hydrazone groups is 1. The zero-order chi connectivity index (χ0) is 23.1. The van der Waals surface area contributed by atoms with E-state index in [9.17, 15) is 0 Å². The Balaban J connectivity index is 1.56. The van der Waals surface area contributed by atoms with Gasteiger partial charge in [0.25, 0.3) is 0 Å². The van der Waals surface area contributed by atoms with Crippen molar-refractivity contribution in [3.8, 4) is 11.3 Å². The maximum atomic E-state index is 6.61. The molecule has 1 atom stereocenters. The number of rotatable bonds is 4. The average Bonchev–Trinajstić information content (AvgIpc) is 3.55. The predicted octanol–water partition coefficient (Wildman–Crippen LogP) is 7.55. The number of fused-ring (bicyclic) bond motifs is 1. The molecule has 0 radical (unpaired) electrons. The summed E-state index contributed by atoms with van der Waals surface area (Å²) in [6, 6.07) is 27.0. The lowest BCUT2D eigenvalue weighted by atomic mass is 10.0. The zero-order valence-electron chi connectivity index (χ0n) is 17.9. The summed E-state index contributed by atoms with van der Waals surface area (Å²) in [7, 11) is 0. The molecule has 3 aromatic carbocycles. The molecule has 0 aliphatic carbocycles. The van der Waals surface area contributed by atoms with Crippen LogP contribution >= 0.6 is 23.2 Å². The number of aromatic nitrogens is 2. The number of hydrogen-bond donors (Lipinski definition) is 0. The van der Waals surface area contributed by atoms with Crippen molar-refractivity contribution in [2.24, 2.45) is 5.10 Å². The van der Waals surface area contributed by atoms with E-state index in [1.165, 1.54) is 0 Å². The van der Waals surface area contributed by atoms with Crippen LogP contribution in [0.4, 0.5) is 5.95 Å². The van der Waals surface area contributed by atoms with E-state index in [0.717, 1.165) is 39.2 Å². The van der Waals surface area contributed by atoms with Gasteiger partial charge in [-0.3, -0.25) is 0 Å². The summed E-state index contributed by atoms with van der Waals surface area (Å²) in [6.07, 6.45) is 2.26. The van der Waals surface area contributed by atoms with E-state index in [1.54, 1.807) is 6.26 Å². The number of benzene rings is 3. The van der Waals surface area contributed by atoms with Crippen LogP contribution in [0.5, 0.6) is 0 Å². The summed E-state index contributed by atoms with van der Waals surface area (Å²) < 4.78 is 5.65. The van der Waals surface area contributed by atoms with Gasteiger partial charge < -0.3 is 4.42 Å². The first-order valence-electron chi connectivity index (χ1n) is 10.8. The van der Waals surface area contributed by atoms with E-state index < -0.39 is 0 Å². The number of furan rings is 1. The first-order chi connectivity index (χ1) is 16.7. The molecule has 0 fully saturated rings. The van der Waals surface area contributed by atoms with Crippen LogP contribution in [0.25, 0.3) is 22.2 Å². The monoisotopic (exact) mass is 484 g/mol. The fourth-order valence-corrected chi connectivity index (χ4v) is 4.71. The predicted molar refractivity (Wildman–Crippen MR) is 137 cm³/mol. The Hall–Kier alpha value is -3.67. The highest BCUT2D eigenvalue weighted by atomic mass is 35.5. The van der Waals surface area contributed by atoms with Gasteiger partial charge in [0.1, 0.15) is 11.5 Å². The Bertz CT molecular complexity index is 1520. The van der Waals surface area contributed by atoms with Crippen molar-refractivity contribution >= 4 is 45.8 Å². The SMILES string of the molecule is Clc1ccc2nc(N3N=C(c4ccco4)CC3c3ccccc3Cl)nc(-c3ccccc3)c2c1. The molecule has 0 bridgehead atoms. The number of nitrogens with zero attached hydrogens (tertiary/aromatic N) is 4. The van der Waals surface area contributed by atoms with Crippen molar-refractivity contribution in [2.45, 2.75) is 12.5 Å². The van der Waals surface area contributed by atoms with E-state index in [1.807, 2.05) is 89.9 Å². The molecule has 34 heavy (non-hydrogen) atoms. The standard InChI is InChI=1S/C27H18Cl2N4O/c28-18-12-13-22-20(15-18)26(17-7-2-1-3-8-17)31-27(30-22)33-24(19-9-4-5-10-21(19)29)16-23(32-33)25-11-6-14-34-25/h1-15,24H,16H2. The van der Waals surface area contributed by atoms with Crippen LogP contribution in [-0.4, -0.2) is 15.7 Å². The van der Waals surface area contributed by atoms with Crippen molar-refractivity contribution in [1.82, 2.24) is 9.97 Å². The smallest absolute Gasteiger partial charge is 0.247 e. The Morgan fingerprint density at radius 1 is 0.853 bits per heavy atom. The van der Waals surface area contributed by atoms with Gasteiger partial charge in [0.05, 0.1) is 23.5 Å². The third-order valence-corrected chi connectivity index (χ3v) is 6.46. The van der Waals surface area contributed by atoms with Crippen LogP contribution in [0.1, 0.15) is 23.8 Å². The lowest BCUT2D eigenvalue weighted by Crippen LogP contribution is -2.21. The Kier molecular flexibility index (Phi) is 5.28. The fourth-order valence-electron chi connectivity index (χ4n) is 4.28. The minimum absolute atomic E-state index is 0.179. The van der Waals surface area contributed by atoms with Gasteiger partial charge in [-0.2, -0.15) is 5.10 Å². The van der Waals surface area contributed by atoms with Crippen molar-refractivity contribution < 1.29 is 4.42 Å². The third-order valence-electron chi connectivity index (χ3n) is 5.88. The summed E-state index contributed by atoms with van der Waals surface area (Å²) in [6.45, 7) is 0. The highest BCUT2D eigenvalue weighted by Gasteiger charge is 2.34. The summed E-state index contributed by atoms with van der Waals surface area (Å²) in [4.78, 5) is 9.87. The van der Waals surface area contributed by atoms with Crippen LogP contribution in [0.3, 0.4) is 0 Å². The van der Waals surface area contributed by atoms with Crippen LogP contribution in [0.15, 0.2) is 101 Å². The highest BCUT2D eigenvalue weighted by molar-refractivity contribution is 6.31. The minimum atomic E-state index is -0.179. The second-order valence-corrected chi connectivity index (χ2v) is 8.85. The Morgan fingerprint density at radius 2 is 1.68 bits per heavy atom. The van der Waals surface area contributed by atoms with Crippen LogP contribution in [-0.2, 0) is 0 Å². The van der Waals surface area contributed by atoms with Crippen molar-refractivity contribution in [3.05, 3.63) is 113 Å². The van der Waals surface area contributed by atoms with Gasteiger partial charge in [-0.15, -0.1) is 0 Å². The molecule has 7 heteroatoms. The molecule has 0 saturated carbocycles. The Labute approximate surface area is 206 Å². The van der Waals surface area contributed by atoms with E-state index >= 15 is 0 Å². The molecule has 0 saturated heterocycles. The third kappa shape index (κ3) is 3.73. The van der Waals surface area contributed by atoms with Gasteiger partial charge in [-0.1, -0.05) is 71.7 Å². The Morgan fingerprint density at radius 3 is 2.47 bits per heavy atom. The van der Waals surface area contributed by atoms with Gasteiger partial charge in [0.15, 0.2) is 0 Å². The first-order valence-corrected chi connectivity index (χ1v) is 11.6. The maximum Gasteiger partial charge on any atom is 0.247 e. The lowest BCUT2D eigenvalue weighted by molar-refractivity contribution is 0.556. The molecule has 166 valence electrons. The molecule has 2 aromatic heterocycles. The fraction of sp³-hybridized carbons (Fsp3) is 0.0741. The quantitative estimate of drug-likeness (QED) is 0.264. The van der Waals surface area contributed by atoms with Gasteiger partial charge in [0, 0.05) is 27.4 Å².